The first-order chi connectivity index (χ1) is 14.5. The minimum absolute atomic E-state index is 0.177. The third kappa shape index (κ3) is 4.17. The highest BCUT2D eigenvalue weighted by molar-refractivity contribution is 6.06. The number of benzene rings is 1. The Bertz CT molecular complexity index is 863. The van der Waals surface area contributed by atoms with Gasteiger partial charge < -0.3 is 15.1 Å². The number of carbonyl (C=O) groups is 4. The zero-order valence-electron chi connectivity index (χ0n) is 17.1. The average Bonchev–Trinajstić information content (AvgIpc) is 3.09. The SMILES string of the molecule is O=C1CCC(N2Cc3c(NCCCC(=O)N4CCCCC4)cccc3C2=O)C(=O)N1. The van der Waals surface area contributed by atoms with Crippen molar-refractivity contribution in [3.8, 4) is 0 Å². The maximum Gasteiger partial charge on any atom is 0.255 e. The van der Waals surface area contributed by atoms with Gasteiger partial charge in [-0.05, 0) is 44.2 Å². The lowest BCUT2D eigenvalue weighted by Crippen LogP contribution is -2.52. The number of anilines is 1. The van der Waals surface area contributed by atoms with Crippen LogP contribution in [0.15, 0.2) is 18.2 Å². The number of nitrogens with one attached hydrogen (secondary N) is 2. The van der Waals surface area contributed by atoms with E-state index in [0.29, 0.717) is 31.5 Å². The molecule has 0 spiro atoms. The van der Waals surface area contributed by atoms with Gasteiger partial charge >= 0.3 is 0 Å². The fraction of sp³-hybridized carbons (Fsp3) is 0.545. The maximum absolute atomic E-state index is 12.9. The number of imide groups is 1. The van der Waals surface area contributed by atoms with Crippen LogP contribution in [0.25, 0.3) is 0 Å². The van der Waals surface area contributed by atoms with Crippen molar-refractivity contribution in [3.63, 3.8) is 0 Å². The van der Waals surface area contributed by atoms with E-state index in [9.17, 15) is 19.2 Å². The van der Waals surface area contributed by atoms with Crippen LogP contribution in [0.3, 0.4) is 0 Å². The zero-order chi connectivity index (χ0) is 21.1. The van der Waals surface area contributed by atoms with Crippen molar-refractivity contribution in [3.05, 3.63) is 29.3 Å². The number of fused-ring (bicyclic) bond motifs is 1. The molecule has 8 nitrogen and oxygen atoms in total. The topological polar surface area (TPSA) is 98.8 Å². The first kappa shape index (κ1) is 20.4. The molecular weight excluding hydrogens is 384 g/mol. The van der Waals surface area contributed by atoms with E-state index >= 15 is 0 Å². The number of piperidine rings is 2. The quantitative estimate of drug-likeness (QED) is 0.547. The van der Waals surface area contributed by atoms with Crippen LogP contribution in [0.4, 0.5) is 5.69 Å². The Morgan fingerprint density at radius 2 is 1.93 bits per heavy atom. The third-order valence-electron chi connectivity index (χ3n) is 6.17. The van der Waals surface area contributed by atoms with Crippen LogP contribution in [-0.4, -0.2) is 59.1 Å². The van der Waals surface area contributed by atoms with Crippen molar-refractivity contribution < 1.29 is 19.2 Å². The van der Waals surface area contributed by atoms with E-state index in [1.54, 1.807) is 11.0 Å². The van der Waals surface area contributed by atoms with Gasteiger partial charge in [0.25, 0.3) is 5.91 Å². The molecule has 3 aliphatic rings. The van der Waals surface area contributed by atoms with Gasteiger partial charge in [0.05, 0.1) is 0 Å². The molecule has 1 atom stereocenters. The molecule has 1 aromatic rings. The van der Waals surface area contributed by atoms with Gasteiger partial charge in [0.2, 0.25) is 17.7 Å². The van der Waals surface area contributed by atoms with E-state index < -0.39 is 11.9 Å². The lowest BCUT2D eigenvalue weighted by molar-refractivity contribution is -0.137. The minimum Gasteiger partial charge on any atom is -0.385 e. The number of likely N-dealkylation sites (tertiary alicyclic amines) is 1. The van der Waals surface area contributed by atoms with Crippen LogP contribution in [0.2, 0.25) is 0 Å². The Balaban J connectivity index is 1.34. The summed E-state index contributed by atoms with van der Waals surface area (Å²) in [5.41, 5.74) is 2.32. The molecule has 2 saturated heterocycles. The van der Waals surface area contributed by atoms with Gasteiger partial charge in [-0.2, -0.15) is 0 Å². The smallest absolute Gasteiger partial charge is 0.255 e. The summed E-state index contributed by atoms with van der Waals surface area (Å²) in [4.78, 5) is 52.3. The second-order valence-electron chi connectivity index (χ2n) is 8.20. The summed E-state index contributed by atoms with van der Waals surface area (Å²) >= 11 is 0. The molecule has 0 aliphatic carbocycles. The number of carbonyl (C=O) groups excluding carboxylic acids is 4. The monoisotopic (exact) mass is 412 g/mol. The van der Waals surface area contributed by atoms with E-state index in [0.717, 1.165) is 43.6 Å². The molecule has 160 valence electrons. The molecule has 0 saturated carbocycles. The van der Waals surface area contributed by atoms with Gasteiger partial charge in [-0.3, -0.25) is 24.5 Å². The Morgan fingerprint density at radius 1 is 1.13 bits per heavy atom. The lowest BCUT2D eigenvalue weighted by Gasteiger charge is -2.29. The molecule has 2 N–H and O–H groups in total. The molecule has 3 heterocycles. The van der Waals surface area contributed by atoms with Crippen LogP contribution in [0, 0.1) is 0 Å². The summed E-state index contributed by atoms with van der Waals surface area (Å²) in [7, 11) is 0. The Kier molecular flexibility index (Phi) is 6.01. The minimum atomic E-state index is -0.613. The molecule has 8 heteroatoms. The fourth-order valence-electron chi connectivity index (χ4n) is 4.52. The largest absolute Gasteiger partial charge is 0.385 e. The van der Waals surface area contributed by atoms with Crippen LogP contribution in [0.1, 0.15) is 60.9 Å². The number of rotatable bonds is 6. The van der Waals surface area contributed by atoms with Crippen LogP contribution in [-0.2, 0) is 20.9 Å². The Labute approximate surface area is 176 Å². The molecule has 2 fully saturated rings. The van der Waals surface area contributed by atoms with Gasteiger partial charge in [-0.15, -0.1) is 0 Å². The van der Waals surface area contributed by atoms with Crippen molar-refractivity contribution in [1.29, 1.82) is 0 Å². The van der Waals surface area contributed by atoms with Gasteiger partial charge in [0.15, 0.2) is 0 Å². The molecule has 0 radical (unpaired) electrons. The molecule has 4 amide bonds. The fourth-order valence-corrected chi connectivity index (χ4v) is 4.52. The molecule has 1 aromatic carbocycles. The van der Waals surface area contributed by atoms with Gasteiger partial charge in [0, 0.05) is 55.8 Å². The van der Waals surface area contributed by atoms with Gasteiger partial charge in [-0.1, -0.05) is 6.07 Å². The summed E-state index contributed by atoms with van der Waals surface area (Å²) < 4.78 is 0. The predicted octanol–water partition coefficient (Wildman–Crippen LogP) is 1.65. The highest BCUT2D eigenvalue weighted by Gasteiger charge is 2.39. The average molecular weight is 412 g/mol. The van der Waals surface area contributed by atoms with E-state index in [-0.39, 0.29) is 24.1 Å². The van der Waals surface area contributed by atoms with Gasteiger partial charge in [-0.25, -0.2) is 0 Å². The van der Waals surface area contributed by atoms with E-state index in [1.165, 1.54) is 6.42 Å². The van der Waals surface area contributed by atoms with Crippen molar-refractivity contribution in [2.75, 3.05) is 25.0 Å². The summed E-state index contributed by atoms with van der Waals surface area (Å²) in [5, 5.41) is 5.69. The third-order valence-corrected chi connectivity index (χ3v) is 6.17. The van der Waals surface area contributed by atoms with Crippen LogP contribution in [0.5, 0.6) is 0 Å². The highest BCUT2D eigenvalue weighted by Crippen LogP contribution is 2.32. The van der Waals surface area contributed by atoms with E-state index in [4.69, 9.17) is 0 Å². The van der Waals surface area contributed by atoms with Crippen LogP contribution >= 0.6 is 0 Å². The molecule has 0 aromatic heterocycles. The lowest BCUT2D eigenvalue weighted by atomic mass is 10.0. The van der Waals surface area contributed by atoms with E-state index in [1.807, 2.05) is 17.0 Å². The standard InChI is InChI=1S/C22H28N4O4/c27-19-10-9-18(21(29)24-19)26-14-16-15(22(26)30)6-4-7-17(16)23-11-5-8-20(28)25-12-2-1-3-13-25/h4,6-7,18,23H,1-3,5,8-14H2,(H,24,27,29). The second-order valence-corrected chi connectivity index (χ2v) is 8.20. The summed E-state index contributed by atoms with van der Waals surface area (Å²) in [6, 6.07) is 4.91. The molecule has 1 unspecified atom stereocenters. The van der Waals surface area contributed by atoms with Crippen molar-refractivity contribution >= 4 is 29.3 Å². The van der Waals surface area contributed by atoms with Crippen molar-refractivity contribution in [1.82, 2.24) is 15.1 Å². The number of hydrogen-bond donors (Lipinski definition) is 2. The summed E-state index contributed by atoms with van der Waals surface area (Å²) in [6.07, 6.45) is 5.24. The Morgan fingerprint density at radius 3 is 2.70 bits per heavy atom. The number of nitrogens with zero attached hydrogens (tertiary/aromatic N) is 2. The molecule has 4 rings (SSSR count). The zero-order valence-corrected chi connectivity index (χ0v) is 17.1. The molecular formula is C22H28N4O4. The summed E-state index contributed by atoms with van der Waals surface area (Å²) in [6.45, 7) is 2.73. The van der Waals surface area contributed by atoms with Crippen LogP contribution < -0.4 is 10.6 Å². The molecule has 3 aliphatic heterocycles. The number of hydrogen-bond acceptors (Lipinski definition) is 5. The molecule has 30 heavy (non-hydrogen) atoms. The van der Waals surface area contributed by atoms with Gasteiger partial charge in [0.1, 0.15) is 6.04 Å². The summed E-state index contributed by atoms with van der Waals surface area (Å²) in [5.74, 6) is -0.655. The van der Waals surface area contributed by atoms with Crippen molar-refractivity contribution in [2.45, 2.75) is 57.5 Å². The molecule has 0 bridgehead atoms. The van der Waals surface area contributed by atoms with E-state index in [2.05, 4.69) is 10.6 Å². The first-order valence-corrected chi connectivity index (χ1v) is 10.8. The maximum atomic E-state index is 12.9. The Hall–Kier alpha value is -2.90. The predicted molar refractivity (Wildman–Crippen MR) is 111 cm³/mol. The van der Waals surface area contributed by atoms with Crippen molar-refractivity contribution in [2.24, 2.45) is 0 Å². The second kappa shape index (κ2) is 8.85. The number of amides is 4. The normalized spacial score (nSPS) is 21.5. The highest BCUT2D eigenvalue weighted by atomic mass is 16.2. The first-order valence-electron chi connectivity index (χ1n) is 10.8.